The highest BCUT2D eigenvalue weighted by molar-refractivity contribution is 7.89. The molecule has 31 heavy (non-hydrogen) atoms. The molecule has 0 radical (unpaired) electrons. The van der Waals surface area contributed by atoms with E-state index in [0.29, 0.717) is 11.5 Å². The number of amides is 1. The van der Waals surface area contributed by atoms with E-state index in [9.17, 15) is 22.0 Å². The van der Waals surface area contributed by atoms with E-state index in [-0.39, 0.29) is 36.6 Å². The minimum atomic E-state index is -3.79. The zero-order chi connectivity index (χ0) is 22.6. The molecule has 166 valence electrons. The maximum atomic E-state index is 13.7. The second-order valence-electron chi connectivity index (χ2n) is 6.71. The Morgan fingerprint density at radius 2 is 1.58 bits per heavy atom. The maximum absolute atomic E-state index is 13.7. The van der Waals surface area contributed by atoms with Crippen LogP contribution >= 0.6 is 0 Å². The van der Waals surface area contributed by atoms with Crippen molar-refractivity contribution in [1.82, 2.24) is 9.21 Å². The van der Waals surface area contributed by atoms with Gasteiger partial charge >= 0.3 is 0 Å². The zero-order valence-corrected chi connectivity index (χ0v) is 17.9. The van der Waals surface area contributed by atoms with Crippen LogP contribution in [-0.4, -0.2) is 63.9 Å². The lowest BCUT2D eigenvalue weighted by Crippen LogP contribution is -2.50. The molecule has 2 aromatic carbocycles. The van der Waals surface area contributed by atoms with E-state index in [1.807, 2.05) is 0 Å². The molecule has 0 bridgehead atoms. The minimum Gasteiger partial charge on any atom is -0.493 e. The number of methoxy groups -OCH3 is 2. The van der Waals surface area contributed by atoms with Gasteiger partial charge in [-0.1, -0.05) is 6.07 Å². The van der Waals surface area contributed by atoms with Crippen molar-refractivity contribution in [2.24, 2.45) is 0 Å². The highest BCUT2D eigenvalue weighted by atomic mass is 32.2. The Balaban J connectivity index is 1.67. The largest absolute Gasteiger partial charge is 0.493 e. The number of piperazine rings is 1. The molecule has 0 spiro atoms. The number of benzene rings is 2. The number of ether oxygens (including phenoxy) is 2. The Hall–Kier alpha value is -2.98. The smallest absolute Gasteiger partial charge is 0.246 e. The molecule has 0 aliphatic carbocycles. The molecule has 0 saturated carbocycles. The van der Waals surface area contributed by atoms with E-state index < -0.39 is 27.6 Å². The van der Waals surface area contributed by atoms with Crippen molar-refractivity contribution in [1.29, 1.82) is 0 Å². The van der Waals surface area contributed by atoms with Gasteiger partial charge in [-0.05, 0) is 30.3 Å². The van der Waals surface area contributed by atoms with Gasteiger partial charge in [0, 0.05) is 43.9 Å². The first-order valence-electron chi connectivity index (χ1n) is 9.41. The summed E-state index contributed by atoms with van der Waals surface area (Å²) in [4.78, 5) is 13.9. The molecule has 7 nitrogen and oxygen atoms in total. The van der Waals surface area contributed by atoms with Gasteiger partial charge in [0.15, 0.2) is 11.5 Å². The van der Waals surface area contributed by atoms with Gasteiger partial charge in [0.25, 0.3) is 0 Å². The number of nitrogens with zero attached hydrogens (tertiary/aromatic N) is 2. The first-order valence-corrected chi connectivity index (χ1v) is 10.8. The van der Waals surface area contributed by atoms with Crippen LogP contribution in [-0.2, 0) is 14.8 Å². The van der Waals surface area contributed by atoms with Gasteiger partial charge in [-0.3, -0.25) is 4.79 Å². The monoisotopic (exact) mass is 452 g/mol. The molecule has 1 heterocycles. The van der Waals surface area contributed by atoms with Gasteiger partial charge in [0.1, 0.15) is 11.6 Å². The van der Waals surface area contributed by atoms with Gasteiger partial charge < -0.3 is 14.4 Å². The number of rotatable bonds is 6. The van der Waals surface area contributed by atoms with Crippen LogP contribution in [0.3, 0.4) is 0 Å². The van der Waals surface area contributed by atoms with Crippen LogP contribution in [0.2, 0.25) is 0 Å². The topological polar surface area (TPSA) is 76.2 Å². The van der Waals surface area contributed by atoms with E-state index >= 15 is 0 Å². The lowest BCUT2D eigenvalue weighted by Gasteiger charge is -2.33. The molecule has 1 amide bonds. The summed E-state index contributed by atoms with van der Waals surface area (Å²) in [6.45, 7) is 0.472. The molecule has 0 aromatic heterocycles. The molecule has 3 rings (SSSR count). The normalized spacial score (nSPS) is 15.3. The van der Waals surface area contributed by atoms with Gasteiger partial charge in [-0.25, -0.2) is 17.2 Å². The highest BCUT2D eigenvalue weighted by Gasteiger charge is 2.30. The van der Waals surface area contributed by atoms with Crippen molar-refractivity contribution in [3.8, 4) is 11.5 Å². The Morgan fingerprint density at radius 1 is 0.968 bits per heavy atom. The first kappa shape index (κ1) is 22.7. The summed E-state index contributed by atoms with van der Waals surface area (Å²) in [5.74, 6) is -1.28. The van der Waals surface area contributed by atoms with Gasteiger partial charge in [0.2, 0.25) is 15.9 Å². The molecule has 0 atom stereocenters. The fraction of sp³-hybridized carbons (Fsp3) is 0.286. The van der Waals surface area contributed by atoms with Gasteiger partial charge in [-0.2, -0.15) is 4.31 Å². The number of halogens is 2. The Bertz CT molecular complexity index is 1080. The van der Waals surface area contributed by atoms with Crippen LogP contribution in [0.5, 0.6) is 11.5 Å². The lowest BCUT2D eigenvalue weighted by molar-refractivity contribution is -0.127. The third-order valence-electron chi connectivity index (χ3n) is 4.94. The summed E-state index contributed by atoms with van der Waals surface area (Å²) in [6.07, 6.45) is 2.17. The Labute approximate surface area is 179 Å². The third-order valence-corrected chi connectivity index (χ3v) is 6.83. The van der Waals surface area contributed by atoms with Crippen molar-refractivity contribution in [2.45, 2.75) is 4.90 Å². The number of sulfonamides is 1. The fourth-order valence-electron chi connectivity index (χ4n) is 3.20. The summed E-state index contributed by atoms with van der Waals surface area (Å²) in [6, 6.07) is 7.77. The molecule has 0 unspecified atom stereocenters. The maximum Gasteiger partial charge on any atom is 0.246 e. The van der Waals surface area contributed by atoms with Crippen molar-refractivity contribution >= 4 is 22.0 Å². The molecular formula is C21H22F2N2O5S. The van der Waals surface area contributed by atoms with Crippen molar-refractivity contribution in [3.63, 3.8) is 0 Å². The average Bonchev–Trinajstić information content (AvgIpc) is 2.78. The minimum absolute atomic E-state index is 0.0554. The molecule has 1 saturated heterocycles. The summed E-state index contributed by atoms with van der Waals surface area (Å²) in [5.41, 5.74) is -0.300. The van der Waals surface area contributed by atoms with Crippen molar-refractivity contribution in [2.75, 3.05) is 40.4 Å². The quantitative estimate of drug-likeness (QED) is 0.630. The average molecular weight is 452 g/mol. The van der Waals surface area contributed by atoms with Crippen molar-refractivity contribution < 1.29 is 31.5 Å². The predicted molar refractivity (Wildman–Crippen MR) is 110 cm³/mol. The molecule has 10 heteroatoms. The van der Waals surface area contributed by atoms with Crippen LogP contribution in [0.15, 0.2) is 47.4 Å². The first-order chi connectivity index (χ1) is 14.8. The summed E-state index contributed by atoms with van der Waals surface area (Å²) in [7, 11) is -0.921. The zero-order valence-electron chi connectivity index (χ0n) is 17.0. The molecule has 1 aliphatic heterocycles. The van der Waals surface area contributed by atoms with Gasteiger partial charge in [-0.15, -0.1) is 0 Å². The van der Waals surface area contributed by atoms with Crippen LogP contribution < -0.4 is 9.47 Å². The molecule has 0 N–H and O–H groups in total. The molecular weight excluding hydrogens is 430 g/mol. The number of hydrogen-bond acceptors (Lipinski definition) is 5. The fourth-order valence-corrected chi connectivity index (χ4v) is 4.64. The number of hydrogen-bond donors (Lipinski definition) is 0. The van der Waals surface area contributed by atoms with Crippen LogP contribution in [0.25, 0.3) is 6.08 Å². The summed E-state index contributed by atoms with van der Waals surface area (Å²) >= 11 is 0. The Kier molecular flexibility index (Phi) is 6.91. The highest BCUT2D eigenvalue weighted by Crippen LogP contribution is 2.31. The third kappa shape index (κ3) is 4.86. The molecule has 1 aliphatic rings. The summed E-state index contributed by atoms with van der Waals surface area (Å²) < 4.78 is 64.8. The van der Waals surface area contributed by atoms with E-state index in [2.05, 4.69) is 0 Å². The SMILES string of the molecule is COc1ccc(S(=O)(=O)N2CCN(C(=O)/C=C/c3c(F)cccc3F)CC2)cc1OC. The number of carbonyl (C=O) groups excluding carboxylic acids is 1. The molecule has 1 fully saturated rings. The van der Waals surface area contributed by atoms with Crippen molar-refractivity contribution in [3.05, 3.63) is 59.7 Å². The van der Waals surface area contributed by atoms with E-state index in [0.717, 1.165) is 24.3 Å². The summed E-state index contributed by atoms with van der Waals surface area (Å²) in [5, 5.41) is 0. The van der Waals surface area contributed by atoms with Crippen LogP contribution in [0.4, 0.5) is 8.78 Å². The van der Waals surface area contributed by atoms with E-state index in [1.165, 1.54) is 47.7 Å². The predicted octanol–water partition coefficient (Wildman–Crippen LogP) is 2.53. The molecule has 2 aromatic rings. The van der Waals surface area contributed by atoms with E-state index in [4.69, 9.17) is 9.47 Å². The standard InChI is InChI=1S/C21H22F2N2O5S/c1-29-19-8-6-15(14-20(19)30-2)31(27,28)25-12-10-24(11-13-25)21(26)9-7-16-17(22)4-3-5-18(16)23/h3-9,14H,10-13H2,1-2H3/b9-7+. The number of carbonyl (C=O) groups is 1. The Morgan fingerprint density at radius 3 is 2.16 bits per heavy atom. The second kappa shape index (κ2) is 9.44. The van der Waals surface area contributed by atoms with E-state index in [1.54, 1.807) is 0 Å². The lowest BCUT2D eigenvalue weighted by atomic mass is 10.2. The van der Waals surface area contributed by atoms with Crippen LogP contribution in [0.1, 0.15) is 5.56 Å². The van der Waals surface area contributed by atoms with Crippen LogP contribution in [0, 0.1) is 11.6 Å². The second-order valence-corrected chi connectivity index (χ2v) is 8.65. The van der Waals surface area contributed by atoms with Gasteiger partial charge in [0.05, 0.1) is 19.1 Å².